The zero-order valence-electron chi connectivity index (χ0n) is 29.9. The minimum absolute atomic E-state index is 0.177. The molecule has 4 bridgehead atoms. The maximum absolute atomic E-state index is 6.47. The van der Waals surface area contributed by atoms with Gasteiger partial charge in [-0.15, -0.1) is 0 Å². The summed E-state index contributed by atoms with van der Waals surface area (Å²) < 4.78 is 9.28. The maximum Gasteiger partial charge on any atom is 0.164 e. The van der Waals surface area contributed by atoms with E-state index >= 15 is 0 Å². The van der Waals surface area contributed by atoms with E-state index < -0.39 is 0 Å². The van der Waals surface area contributed by atoms with Gasteiger partial charge in [0.1, 0.15) is 11.2 Å². The molecule has 9 aromatic rings. The molecule has 3 heterocycles. The lowest BCUT2D eigenvalue weighted by atomic mass is 9.47. The number of furan rings is 1. The smallest absolute Gasteiger partial charge is 0.164 e. The van der Waals surface area contributed by atoms with Crippen molar-refractivity contribution in [2.45, 2.75) is 37.6 Å². The number of fused-ring (bicyclic) bond motifs is 7. The Morgan fingerprint density at radius 3 is 1.61 bits per heavy atom. The van der Waals surface area contributed by atoms with Gasteiger partial charge >= 0.3 is 0 Å². The summed E-state index contributed by atoms with van der Waals surface area (Å²) in [5, 5.41) is 5.03. The summed E-state index contributed by atoms with van der Waals surface area (Å²) in [5.41, 5.74) is 8.72. The number of para-hydroxylation sites is 2. The molecule has 0 saturated heterocycles. The zero-order valence-corrected chi connectivity index (χ0v) is 29.9. The first-order valence-electron chi connectivity index (χ1n) is 19.5. The van der Waals surface area contributed by atoms with Crippen LogP contribution in [0.15, 0.2) is 150 Å². The Bertz CT molecular complexity index is 2800. The van der Waals surface area contributed by atoms with Gasteiger partial charge in [-0.2, -0.15) is 0 Å². The molecule has 260 valence electrons. The molecular weight excluding hydrogens is 661 g/mol. The lowest BCUT2D eigenvalue weighted by Gasteiger charge is -2.62. The standard InChI is InChI=1S/C49H38N4O/c1-3-11-32(12-4-1)46-50-47(33-13-5-2-6-14-33)52-48(51-46)34-19-21-35(22-20-34)49(36-26-30-25-31(28-36)29-37(49)27-30)53-40-17-9-7-15-38(40)44-41(53)23-24-43-45(44)39-16-8-10-18-42(39)54-43/h1-24,30-31,36-37H,25-29H2. The highest BCUT2D eigenvalue weighted by Gasteiger charge is 2.59. The van der Waals surface area contributed by atoms with Gasteiger partial charge in [0.05, 0.1) is 11.1 Å². The lowest BCUT2D eigenvalue weighted by Crippen LogP contribution is -2.59. The van der Waals surface area contributed by atoms with Crippen molar-refractivity contribution in [2.75, 3.05) is 0 Å². The Morgan fingerprint density at radius 2 is 0.981 bits per heavy atom. The van der Waals surface area contributed by atoms with Crippen LogP contribution in [0.5, 0.6) is 0 Å². The zero-order chi connectivity index (χ0) is 35.4. The first-order valence-corrected chi connectivity index (χ1v) is 19.5. The van der Waals surface area contributed by atoms with Crippen LogP contribution < -0.4 is 0 Å². The molecule has 4 saturated carbocycles. The van der Waals surface area contributed by atoms with Gasteiger partial charge in [0, 0.05) is 43.8 Å². The average molecular weight is 699 g/mol. The van der Waals surface area contributed by atoms with Crippen LogP contribution in [-0.2, 0) is 5.54 Å². The molecule has 4 aliphatic rings. The second kappa shape index (κ2) is 11.5. The third-order valence-electron chi connectivity index (χ3n) is 13.2. The average Bonchev–Trinajstić information content (AvgIpc) is 3.77. The Kier molecular flexibility index (Phi) is 6.45. The van der Waals surface area contributed by atoms with Gasteiger partial charge in [-0.05, 0) is 85.6 Å². The van der Waals surface area contributed by atoms with E-state index in [2.05, 4.69) is 114 Å². The summed E-state index contributed by atoms with van der Waals surface area (Å²) in [6.07, 6.45) is 6.55. The largest absolute Gasteiger partial charge is 0.456 e. The number of aromatic nitrogens is 4. The molecule has 5 nitrogen and oxygen atoms in total. The van der Waals surface area contributed by atoms with Crippen molar-refractivity contribution in [3.63, 3.8) is 0 Å². The molecule has 13 rings (SSSR count). The van der Waals surface area contributed by atoms with Crippen molar-refractivity contribution in [1.29, 1.82) is 0 Å². The highest BCUT2D eigenvalue weighted by Crippen LogP contribution is 2.65. The number of hydrogen-bond donors (Lipinski definition) is 0. The fourth-order valence-electron chi connectivity index (χ4n) is 11.4. The van der Waals surface area contributed by atoms with E-state index in [1.54, 1.807) is 0 Å². The molecule has 6 aromatic carbocycles. The van der Waals surface area contributed by atoms with Gasteiger partial charge in [-0.1, -0.05) is 121 Å². The van der Waals surface area contributed by atoms with Gasteiger partial charge < -0.3 is 8.98 Å². The summed E-state index contributed by atoms with van der Waals surface area (Å²) in [6, 6.07) is 52.1. The Morgan fingerprint density at radius 1 is 0.444 bits per heavy atom. The molecule has 0 N–H and O–H groups in total. The van der Waals surface area contributed by atoms with Crippen LogP contribution in [0.1, 0.15) is 37.7 Å². The third kappa shape index (κ3) is 4.29. The second-order valence-corrected chi connectivity index (χ2v) is 16.0. The summed E-state index contributed by atoms with van der Waals surface area (Å²) in [6.45, 7) is 0. The summed E-state index contributed by atoms with van der Waals surface area (Å²) in [7, 11) is 0. The third-order valence-corrected chi connectivity index (χ3v) is 13.2. The summed E-state index contributed by atoms with van der Waals surface area (Å²) >= 11 is 0. The van der Waals surface area contributed by atoms with Crippen LogP contribution in [0.2, 0.25) is 0 Å². The molecule has 0 amide bonds. The van der Waals surface area contributed by atoms with Crippen LogP contribution in [0.4, 0.5) is 0 Å². The molecule has 0 spiro atoms. The highest BCUT2D eigenvalue weighted by molar-refractivity contribution is 6.27. The molecule has 4 aliphatic carbocycles. The van der Waals surface area contributed by atoms with Gasteiger partial charge in [0.25, 0.3) is 0 Å². The normalized spacial score (nSPS) is 23.3. The van der Waals surface area contributed by atoms with Crippen LogP contribution >= 0.6 is 0 Å². The molecular formula is C49H38N4O. The van der Waals surface area contributed by atoms with Crippen molar-refractivity contribution in [2.24, 2.45) is 23.7 Å². The molecule has 0 unspecified atom stereocenters. The first kappa shape index (κ1) is 30.4. The fraction of sp³-hybridized carbons (Fsp3) is 0.204. The first-order chi connectivity index (χ1) is 26.7. The van der Waals surface area contributed by atoms with Gasteiger partial charge in [0.2, 0.25) is 0 Å². The van der Waals surface area contributed by atoms with E-state index in [0.717, 1.165) is 39.7 Å². The Labute approximate surface area is 313 Å². The maximum atomic E-state index is 6.47. The van der Waals surface area contributed by atoms with Crippen molar-refractivity contribution < 1.29 is 4.42 Å². The minimum atomic E-state index is -0.177. The van der Waals surface area contributed by atoms with E-state index in [1.807, 2.05) is 36.4 Å². The summed E-state index contributed by atoms with van der Waals surface area (Å²) in [5.74, 6) is 4.84. The van der Waals surface area contributed by atoms with Crippen molar-refractivity contribution >= 4 is 43.7 Å². The van der Waals surface area contributed by atoms with Gasteiger partial charge in [-0.3, -0.25) is 0 Å². The van der Waals surface area contributed by atoms with Crippen molar-refractivity contribution in [1.82, 2.24) is 19.5 Å². The van der Waals surface area contributed by atoms with Crippen LogP contribution in [-0.4, -0.2) is 19.5 Å². The van der Waals surface area contributed by atoms with E-state index in [0.29, 0.717) is 29.3 Å². The highest BCUT2D eigenvalue weighted by atomic mass is 16.3. The van der Waals surface area contributed by atoms with Gasteiger partial charge in [-0.25, -0.2) is 15.0 Å². The summed E-state index contributed by atoms with van der Waals surface area (Å²) in [4.78, 5) is 15.1. The predicted octanol–water partition coefficient (Wildman–Crippen LogP) is 12.1. The molecule has 0 aliphatic heterocycles. The van der Waals surface area contributed by atoms with E-state index in [-0.39, 0.29) is 5.54 Å². The molecule has 3 aromatic heterocycles. The van der Waals surface area contributed by atoms with Crippen molar-refractivity contribution in [3.8, 4) is 34.2 Å². The fourth-order valence-corrected chi connectivity index (χ4v) is 11.4. The molecule has 4 fully saturated rings. The number of hydrogen-bond acceptors (Lipinski definition) is 4. The monoisotopic (exact) mass is 698 g/mol. The Hall–Kier alpha value is -6.07. The molecule has 54 heavy (non-hydrogen) atoms. The number of rotatable bonds is 5. The number of benzene rings is 6. The predicted molar refractivity (Wildman–Crippen MR) is 217 cm³/mol. The van der Waals surface area contributed by atoms with Crippen LogP contribution in [0.3, 0.4) is 0 Å². The van der Waals surface area contributed by atoms with Crippen LogP contribution in [0, 0.1) is 23.7 Å². The van der Waals surface area contributed by atoms with Crippen LogP contribution in [0.25, 0.3) is 77.9 Å². The van der Waals surface area contributed by atoms with Crippen molar-refractivity contribution in [3.05, 3.63) is 151 Å². The molecule has 0 radical (unpaired) electrons. The minimum Gasteiger partial charge on any atom is -0.456 e. The van der Waals surface area contributed by atoms with E-state index in [4.69, 9.17) is 19.4 Å². The quantitative estimate of drug-likeness (QED) is 0.180. The Balaban J connectivity index is 1.09. The van der Waals surface area contributed by atoms with Gasteiger partial charge in [0.15, 0.2) is 17.5 Å². The lowest BCUT2D eigenvalue weighted by molar-refractivity contribution is -0.0719. The molecule has 5 heteroatoms. The molecule has 0 atom stereocenters. The number of nitrogens with zero attached hydrogens (tertiary/aromatic N) is 4. The second-order valence-electron chi connectivity index (χ2n) is 16.0. The topological polar surface area (TPSA) is 56.7 Å². The SMILES string of the molecule is c1ccc(-c2nc(-c3ccccc3)nc(-c3ccc(C4(n5c6ccccc6c6c7c(ccc65)oc5ccccc57)C5CC6CC(C5)CC4C6)cc3)n2)cc1. The van der Waals surface area contributed by atoms with E-state index in [9.17, 15) is 0 Å². The van der Waals surface area contributed by atoms with E-state index in [1.165, 1.54) is 70.2 Å².